The second-order valence-corrected chi connectivity index (χ2v) is 2.14. The summed E-state index contributed by atoms with van der Waals surface area (Å²) in [5, 5.41) is 0. The maximum Gasteiger partial charge on any atom is 0 e. The molecule has 3 heteroatoms. The molecule has 0 aromatic heterocycles. The predicted molar refractivity (Wildman–Crippen MR) is 42.5 cm³/mol. The molecule has 0 spiro atoms. The van der Waals surface area contributed by atoms with Crippen LogP contribution in [0.5, 0.6) is 0 Å². The second-order valence-electron chi connectivity index (χ2n) is 2.14. The van der Waals surface area contributed by atoms with E-state index in [2.05, 4.69) is 0 Å². The molecule has 1 radical (unpaired) electrons. The van der Waals surface area contributed by atoms with E-state index in [1.807, 2.05) is 20.3 Å². The van der Waals surface area contributed by atoms with Crippen LogP contribution in [0.2, 0.25) is 0 Å². The van der Waals surface area contributed by atoms with Crippen molar-refractivity contribution >= 4 is 6.41 Å². The van der Waals surface area contributed by atoms with Crippen LogP contribution < -0.4 is 0 Å². The molecule has 1 aliphatic heterocycles. The average molecular weight is 231 g/mol. The van der Waals surface area contributed by atoms with Gasteiger partial charge in [-0.2, -0.15) is 6.41 Å². The van der Waals surface area contributed by atoms with E-state index in [1.54, 1.807) is 4.90 Å². The van der Waals surface area contributed by atoms with Gasteiger partial charge in [0.05, 0.1) is 0 Å². The Morgan fingerprint density at radius 2 is 1.55 bits per heavy atom. The van der Waals surface area contributed by atoms with E-state index in [0.717, 1.165) is 25.9 Å². The van der Waals surface area contributed by atoms with Crippen LogP contribution in [-0.4, -0.2) is 24.4 Å². The zero-order valence-electron chi connectivity index (χ0n) is 7.47. The Kier molecular flexibility index (Phi) is 13.6. The van der Waals surface area contributed by atoms with Crippen molar-refractivity contribution in [2.24, 2.45) is 0 Å². The maximum atomic E-state index is 9.96. The van der Waals surface area contributed by atoms with Gasteiger partial charge in [0.2, 0.25) is 0 Å². The van der Waals surface area contributed by atoms with Crippen molar-refractivity contribution in [1.82, 2.24) is 4.90 Å². The van der Waals surface area contributed by atoms with Gasteiger partial charge in [-0.05, 0) is 25.9 Å². The molecule has 1 fully saturated rings. The number of amides is 1. The van der Waals surface area contributed by atoms with Crippen LogP contribution in [0, 0.1) is 0 Å². The van der Waals surface area contributed by atoms with Crippen LogP contribution in [0.3, 0.4) is 0 Å². The predicted octanol–water partition coefficient (Wildman–Crippen LogP) is 1.56. The Hall–Kier alpha value is 0.574. The van der Waals surface area contributed by atoms with Crippen LogP contribution in [0.25, 0.3) is 0 Å². The molecule has 0 saturated carbocycles. The second kappa shape index (κ2) is 10.6. The number of hydrogen-bond acceptors (Lipinski definition) is 1. The van der Waals surface area contributed by atoms with Gasteiger partial charge in [0, 0.05) is 32.7 Å². The summed E-state index contributed by atoms with van der Waals surface area (Å²) in [7, 11) is 0. The number of likely N-dealkylation sites (tertiary alicyclic amines) is 1. The van der Waals surface area contributed by atoms with Gasteiger partial charge in [-0.1, -0.05) is 20.3 Å². The fourth-order valence-electron chi connectivity index (χ4n) is 0.985. The van der Waals surface area contributed by atoms with E-state index in [9.17, 15) is 4.79 Å². The number of nitrogens with zero attached hydrogens (tertiary/aromatic N) is 1. The summed E-state index contributed by atoms with van der Waals surface area (Å²) in [6.07, 6.45) is 5.49. The van der Waals surface area contributed by atoms with Gasteiger partial charge in [0.15, 0.2) is 0 Å². The van der Waals surface area contributed by atoms with E-state index < -0.39 is 0 Å². The van der Waals surface area contributed by atoms with Crippen molar-refractivity contribution in [1.29, 1.82) is 0 Å². The van der Waals surface area contributed by atoms with Crippen LogP contribution in [0.4, 0.5) is 0 Å². The van der Waals surface area contributed by atoms with Crippen molar-refractivity contribution in [3.8, 4) is 0 Å². The summed E-state index contributed by atoms with van der Waals surface area (Å²) in [5.41, 5.74) is 0. The molecule has 1 aliphatic rings. The smallest absolute Gasteiger partial charge is 0 e. The zero-order chi connectivity index (χ0) is 7.82. The molecule has 0 aliphatic carbocycles. The van der Waals surface area contributed by atoms with E-state index in [-0.39, 0.29) is 32.7 Å². The quantitative estimate of drug-likeness (QED) is 0.627. The Morgan fingerprint density at radius 3 is 1.82 bits per heavy atom. The SMILES string of the molecule is CC.O=[C-]N1CCCCC1.[Y]. The van der Waals surface area contributed by atoms with Crippen molar-refractivity contribution in [2.75, 3.05) is 13.1 Å². The van der Waals surface area contributed by atoms with Gasteiger partial charge in [-0.3, -0.25) is 0 Å². The van der Waals surface area contributed by atoms with Gasteiger partial charge < -0.3 is 9.69 Å². The third-order valence-corrected chi connectivity index (χ3v) is 1.49. The number of piperidine rings is 1. The summed E-state index contributed by atoms with van der Waals surface area (Å²) in [5.74, 6) is 0. The van der Waals surface area contributed by atoms with E-state index >= 15 is 0 Å². The topological polar surface area (TPSA) is 20.3 Å². The summed E-state index contributed by atoms with van der Waals surface area (Å²) in [6.45, 7) is 5.84. The molecule has 0 unspecified atom stereocenters. The molecule has 11 heavy (non-hydrogen) atoms. The van der Waals surface area contributed by atoms with Crippen molar-refractivity contribution in [3.63, 3.8) is 0 Å². The Labute approximate surface area is 94.6 Å². The summed E-state index contributed by atoms with van der Waals surface area (Å²) < 4.78 is 0. The van der Waals surface area contributed by atoms with Crippen molar-refractivity contribution in [2.45, 2.75) is 33.1 Å². The molecule has 0 aromatic rings. The molecule has 63 valence electrons. The third kappa shape index (κ3) is 6.95. The molecule has 0 bridgehead atoms. The normalized spacial score (nSPS) is 15.6. The maximum absolute atomic E-state index is 9.96. The van der Waals surface area contributed by atoms with E-state index in [0.29, 0.717) is 0 Å². The Morgan fingerprint density at radius 1 is 1.09 bits per heavy atom. The largest absolute Gasteiger partial charge is 0.520 e. The molecule has 2 nitrogen and oxygen atoms in total. The summed E-state index contributed by atoms with van der Waals surface area (Å²) in [4.78, 5) is 11.7. The fourth-order valence-corrected chi connectivity index (χ4v) is 0.985. The minimum atomic E-state index is 0. The minimum absolute atomic E-state index is 0. The number of carbonyl (C=O) groups excluding carboxylic acids is 1. The standard InChI is InChI=1S/C6H10NO.C2H6.Y/c8-6-7-4-2-1-3-5-7;1-2;/h1-5H2;1-2H3;/q-1;;. The van der Waals surface area contributed by atoms with Crippen molar-refractivity contribution < 1.29 is 37.5 Å². The molecule has 0 N–H and O–H groups in total. The zero-order valence-corrected chi connectivity index (χ0v) is 10.3. The van der Waals surface area contributed by atoms with Crippen LogP contribution >= 0.6 is 0 Å². The first-order valence-electron chi connectivity index (χ1n) is 4.06. The number of rotatable bonds is 1. The first-order chi connectivity index (χ1) is 4.93. The van der Waals surface area contributed by atoms with E-state index in [4.69, 9.17) is 0 Å². The first-order valence-corrected chi connectivity index (χ1v) is 4.06. The van der Waals surface area contributed by atoms with Gasteiger partial charge >= 0.3 is 0 Å². The monoisotopic (exact) mass is 231 g/mol. The fraction of sp³-hybridized carbons (Fsp3) is 0.875. The van der Waals surface area contributed by atoms with Crippen LogP contribution in [0.15, 0.2) is 0 Å². The molecule has 0 atom stereocenters. The Balaban J connectivity index is 0. The van der Waals surface area contributed by atoms with Crippen molar-refractivity contribution in [3.05, 3.63) is 0 Å². The summed E-state index contributed by atoms with van der Waals surface area (Å²) >= 11 is 0. The molecular formula is C8H16NOY-. The molecule has 1 amide bonds. The first kappa shape index (κ1) is 14.1. The van der Waals surface area contributed by atoms with Crippen LogP contribution in [-0.2, 0) is 37.5 Å². The third-order valence-electron chi connectivity index (χ3n) is 1.49. The van der Waals surface area contributed by atoms with Gasteiger partial charge in [-0.15, -0.1) is 0 Å². The molecule has 1 rings (SSSR count). The molecule has 1 heterocycles. The molecular weight excluding hydrogens is 215 g/mol. The molecule has 1 saturated heterocycles. The number of hydrogen-bond donors (Lipinski definition) is 0. The van der Waals surface area contributed by atoms with Gasteiger partial charge in [-0.25, -0.2) is 0 Å². The van der Waals surface area contributed by atoms with E-state index in [1.165, 1.54) is 6.42 Å². The minimum Gasteiger partial charge on any atom is -0.520 e. The van der Waals surface area contributed by atoms with Gasteiger partial charge in [0.25, 0.3) is 0 Å². The summed E-state index contributed by atoms with van der Waals surface area (Å²) in [6, 6.07) is 0. The Bertz CT molecular complexity index is 82.2. The molecule has 0 aromatic carbocycles. The average Bonchev–Trinajstić information content (AvgIpc) is 2.10. The van der Waals surface area contributed by atoms with Crippen LogP contribution in [0.1, 0.15) is 33.1 Å². The van der Waals surface area contributed by atoms with Gasteiger partial charge in [0.1, 0.15) is 0 Å².